The van der Waals surface area contributed by atoms with E-state index in [1.165, 1.54) is 0 Å². The van der Waals surface area contributed by atoms with Gasteiger partial charge in [-0.05, 0) is 37.5 Å². The molecular weight excluding hydrogens is 250 g/mol. The minimum Gasteiger partial charge on any atom is -0.385 e. The fraction of sp³-hybridized carbons (Fsp3) is 0.462. The van der Waals surface area contributed by atoms with Crippen molar-refractivity contribution in [2.24, 2.45) is 0 Å². The summed E-state index contributed by atoms with van der Waals surface area (Å²) >= 11 is 6.00. The molecule has 1 aromatic carbocycles. The van der Waals surface area contributed by atoms with Crippen molar-refractivity contribution in [1.82, 2.24) is 9.55 Å². The Kier molecular flexibility index (Phi) is 4.44. The Morgan fingerprint density at radius 2 is 2.17 bits per heavy atom. The number of aryl methyl sites for hydroxylation is 1. The van der Waals surface area contributed by atoms with Crippen LogP contribution < -0.4 is 5.73 Å². The molecule has 1 aromatic heterocycles. The van der Waals surface area contributed by atoms with Crippen molar-refractivity contribution in [3.05, 3.63) is 23.2 Å². The minimum atomic E-state index is 0.555. The quantitative estimate of drug-likeness (QED) is 0.819. The number of rotatable bonds is 6. The van der Waals surface area contributed by atoms with Crippen molar-refractivity contribution in [1.29, 1.82) is 0 Å². The number of fused-ring (bicyclic) bond motifs is 1. The van der Waals surface area contributed by atoms with Crippen LogP contribution in [0.25, 0.3) is 11.0 Å². The summed E-state index contributed by atoms with van der Waals surface area (Å²) in [6, 6.07) is 5.64. The van der Waals surface area contributed by atoms with E-state index >= 15 is 0 Å². The lowest BCUT2D eigenvalue weighted by Gasteiger charge is -2.06. The summed E-state index contributed by atoms with van der Waals surface area (Å²) in [5, 5.41) is 0.711. The van der Waals surface area contributed by atoms with Crippen LogP contribution in [-0.4, -0.2) is 23.3 Å². The van der Waals surface area contributed by atoms with Crippen molar-refractivity contribution in [3.8, 4) is 0 Å². The third kappa shape index (κ3) is 2.94. The first-order chi connectivity index (χ1) is 8.72. The normalized spacial score (nSPS) is 11.2. The van der Waals surface area contributed by atoms with Crippen molar-refractivity contribution in [2.75, 3.05) is 19.5 Å². The van der Waals surface area contributed by atoms with Gasteiger partial charge < -0.3 is 15.0 Å². The predicted molar refractivity (Wildman–Crippen MR) is 74.9 cm³/mol. The predicted octanol–water partition coefficient (Wildman–Crippen LogP) is 3.09. The van der Waals surface area contributed by atoms with E-state index in [0.29, 0.717) is 11.0 Å². The van der Waals surface area contributed by atoms with E-state index in [9.17, 15) is 0 Å². The topological polar surface area (TPSA) is 53.1 Å². The molecule has 0 bridgehead atoms. The van der Waals surface area contributed by atoms with E-state index in [-0.39, 0.29) is 0 Å². The summed E-state index contributed by atoms with van der Waals surface area (Å²) < 4.78 is 7.05. The lowest BCUT2D eigenvalue weighted by atomic mass is 10.2. The summed E-state index contributed by atoms with van der Waals surface area (Å²) in [7, 11) is 1.73. The first-order valence-electron chi connectivity index (χ1n) is 6.12. The molecule has 0 aliphatic carbocycles. The Labute approximate surface area is 112 Å². The number of nitrogen functional groups attached to an aromatic ring is 1. The van der Waals surface area contributed by atoms with Crippen LogP contribution in [0.1, 0.15) is 19.3 Å². The van der Waals surface area contributed by atoms with Crippen LogP contribution >= 0.6 is 11.6 Å². The zero-order chi connectivity index (χ0) is 13.0. The van der Waals surface area contributed by atoms with Crippen LogP contribution in [0, 0.1) is 0 Å². The zero-order valence-corrected chi connectivity index (χ0v) is 11.3. The molecule has 0 spiro atoms. The molecule has 2 N–H and O–H groups in total. The Morgan fingerprint density at radius 3 is 2.94 bits per heavy atom. The highest BCUT2D eigenvalue weighted by molar-refractivity contribution is 6.31. The summed E-state index contributed by atoms with van der Waals surface area (Å²) in [6.45, 7) is 1.68. The molecule has 0 fully saturated rings. The van der Waals surface area contributed by atoms with Gasteiger partial charge in [-0.25, -0.2) is 4.98 Å². The molecule has 5 heteroatoms. The average molecular weight is 268 g/mol. The molecule has 0 saturated heterocycles. The van der Waals surface area contributed by atoms with Gasteiger partial charge in [-0.3, -0.25) is 0 Å². The molecule has 0 saturated carbocycles. The number of hydrogen-bond donors (Lipinski definition) is 1. The maximum atomic E-state index is 6.00. The van der Waals surface area contributed by atoms with E-state index < -0.39 is 0 Å². The fourth-order valence-electron chi connectivity index (χ4n) is 2.04. The van der Waals surface area contributed by atoms with Gasteiger partial charge in [0.15, 0.2) is 0 Å². The van der Waals surface area contributed by atoms with Gasteiger partial charge in [0.2, 0.25) is 5.95 Å². The van der Waals surface area contributed by atoms with Crippen molar-refractivity contribution >= 4 is 28.6 Å². The molecule has 2 aromatic rings. The van der Waals surface area contributed by atoms with Gasteiger partial charge >= 0.3 is 0 Å². The SMILES string of the molecule is COCCCCCn1c(N)nc2ccc(Cl)cc21. The highest BCUT2D eigenvalue weighted by atomic mass is 35.5. The summed E-state index contributed by atoms with van der Waals surface area (Å²) in [6.07, 6.45) is 3.25. The molecule has 2 rings (SSSR count). The minimum absolute atomic E-state index is 0.555. The number of aromatic nitrogens is 2. The molecule has 18 heavy (non-hydrogen) atoms. The van der Waals surface area contributed by atoms with E-state index in [1.807, 2.05) is 22.8 Å². The van der Waals surface area contributed by atoms with Crippen LogP contribution in [-0.2, 0) is 11.3 Å². The van der Waals surface area contributed by atoms with Crippen molar-refractivity contribution in [2.45, 2.75) is 25.8 Å². The molecular formula is C13H18ClN3O. The Hall–Kier alpha value is -1.26. The van der Waals surface area contributed by atoms with Gasteiger partial charge in [-0.2, -0.15) is 0 Å². The third-order valence-corrected chi connectivity index (χ3v) is 3.21. The van der Waals surface area contributed by atoms with Crippen molar-refractivity contribution in [3.63, 3.8) is 0 Å². The number of anilines is 1. The first kappa shape index (κ1) is 13.2. The molecule has 0 amide bonds. The van der Waals surface area contributed by atoms with Gasteiger partial charge in [0.05, 0.1) is 11.0 Å². The number of hydrogen-bond acceptors (Lipinski definition) is 3. The van der Waals surface area contributed by atoms with E-state index in [2.05, 4.69) is 4.98 Å². The Morgan fingerprint density at radius 1 is 1.33 bits per heavy atom. The molecule has 1 heterocycles. The molecule has 0 unspecified atom stereocenters. The Bertz CT molecular complexity index is 524. The standard InChI is InChI=1S/C13H18ClN3O/c1-18-8-4-2-3-7-17-12-9-10(14)5-6-11(12)16-13(17)15/h5-6,9H,2-4,7-8H2,1H3,(H2,15,16). The molecule has 0 aliphatic heterocycles. The maximum absolute atomic E-state index is 6.00. The largest absolute Gasteiger partial charge is 0.385 e. The van der Waals surface area contributed by atoms with E-state index in [4.69, 9.17) is 22.1 Å². The number of imidazole rings is 1. The molecule has 98 valence electrons. The summed E-state index contributed by atoms with van der Waals surface area (Å²) in [5.74, 6) is 0.555. The second-order valence-corrected chi connectivity index (χ2v) is 4.74. The smallest absolute Gasteiger partial charge is 0.201 e. The van der Waals surface area contributed by atoms with Gasteiger partial charge in [0.25, 0.3) is 0 Å². The molecule has 4 nitrogen and oxygen atoms in total. The molecule has 0 radical (unpaired) electrons. The summed E-state index contributed by atoms with van der Waals surface area (Å²) in [4.78, 5) is 4.33. The highest BCUT2D eigenvalue weighted by Gasteiger charge is 2.07. The molecule has 0 aliphatic rings. The number of nitrogens with zero attached hydrogens (tertiary/aromatic N) is 2. The fourth-order valence-corrected chi connectivity index (χ4v) is 2.21. The molecule has 0 atom stereocenters. The van der Waals surface area contributed by atoms with Crippen LogP contribution in [0.3, 0.4) is 0 Å². The van der Waals surface area contributed by atoms with E-state index in [0.717, 1.165) is 43.4 Å². The Balaban J connectivity index is 2.07. The number of unbranched alkanes of at least 4 members (excludes halogenated alkanes) is 2. The van der Waals surface area contributed by atoms with E-state index in [1.54, 1.807) is 7.11 Å². The highest BCUT2D eigenvalue weighted by Crippen LogP contribution is 2.22. The van der Waals surface area contributed by atoms with Gasteiger partial charge in [0.1, 0.15) is 0 Å². The van der Waals surface area contributed by atoms with Crippen LogP contribution in [0.4, 0.5) is 5.95 Å². The maximum Gasteiger partial charge on any atom is 0.201 e. The zero-order valence-electron chi connectivity index (χ0n) is 10.5. The second-order valence-electron chi connectivity index (χ2n) is 4.31. The number of benzene rings is 1. The lowest BCUT2D eigenvalue weighted by molar-refractivity contribution is 0.191. The number of halogens is 1. The lowest BCUT2D eigenvalue weighted by Crippen LogP contribution is -2.03. The monoisotopic (exact) mass is 267 g/mol. The van der Waals surface area contributed by atoms with Gasteiger partial charge in [-0.1, -0.05) is 11.6 Å². The van der Waals surface area contributed by atoms with Crippen LogP contribution in [0.15, 0.2) is 18.2 Å². The third-order valence-electron chi connectivity index (χ3n) is 2.97. The number of ether oxygens (including phenoxy) is 1. The summed E-state index contributed by atoms with van der Waals surface area (Å²) in [5.41, 5.74) is 7.83. The van der Waals surface area contributed by atoms with Gasteiger partial charge in [0, 0.05) is 25.3 Å². The van der Waals surface area contributed by atoms with Crippen LogP contribution in [0.5, 0.6) is 0 Å². The number of nitrogens with two attached hydrogens (primary N) is 1. The average Bonchev–Trinajstić information content (AvgIpc) is 2.65. The van der Waals surface area contributed by atoms with Crippen LogP contribution in [0.2, 0.25) is 5.02 Å². The first-order valence-corrected chi connectivity index (χ1v) is 6.50. The number of methoxy groups -OCH3 is 1. The second kappa shape index (κ2) is 6.07. The van der Waals surface area contributed by atoms with Crippen molar-refractivity contribution < 1.29 is 4.74 Å². The van der Waals surface area contributed by atoms with Gasteiger partial charge in [-0.15, -0.1) is 0 Å².